The fraction of sp³-hybridized carbons (Fsp3) is 0.700. The van der Waals surface area contributed by atoms with Crippen molar-refractivity contribution in [3.8, 4) is 11.5 Å². The van der Waals surface area contributed by atoms with Crippen LogP contribution in [0.1, 0.15) is 150 Å². The zero-order valence-corrected chi connectivity index (χ0v) is 29.3. The molecule has 0 radical (unpaired) electrons. The number of ether oxygens (including phenoxy) is 2. The summed E-state index contributed by atoms with van der Waals surface area (Å²) < 4.78 is 12.2. The minimum absolute atomic E-state index is 0.122. The first-order valence-corrected chi connectivity index (χ1v) is 17.2. The van der Waals surface area contributed by atoms with E-state index in [1.165, 1.54) is 43.2 Å². The van der Waals surface area contributed by atoms with Gasteiger partial charge < -0.3 is 14.6 Å². The molecule has 43 heavy (non-hydrogen) atoms. The lowest BCUT2D eigenvalue weighted by atomic mass is 9.63. The van der Waals surface area contributed by atoms with Crippen LogP contribution in [0.5, 0.6) is 11.5 Å². The molecule has 0 heterocycles. The zero-order chi connectivity index (χ0) is 31.8. The molecule has 0 spiro atoms. The SMILES string of the molecule is CC(CC(c1ccc(OC(C)OCCC2CCCCC2)cc1)C(C)(C)C)CC(C)(C)C(CC(C)(C)C)c1ccc(O)cc1. The summed E-state index contributed by atoms with van der Waals surface area (Å²) in [5, 5.41) is 9.93. The average Bonchev–Trinajstić information content (AvgIpc) is 2.91. The van der Waals surface area contributed by atoms with Gasteiger partial charge in [0.05, 0.1) is 6.61 Å². The number of rotatable bonds is 14. The first kappa shape index (κ1) is 35.5. The highest BCUT2D eigenvalue weighted by Gasteiger charge is 2.36. The first-order chi connectivity index (χ1) is 20.0. The molecule has 0 aromatic heterocycles. The Morgan fingerprint density at radius 3 is 1.86 bits per heavy atom. The summed E-state index contributed by atoms with van der Waals surface area (Å²) in [5.74, 6) is 3.49. The highest BCUT2D eigenvalue weighted by atomic mass is 16.7. The van der Waals surface area contributed by atoms with Crippen molar-refractivity contribution in [2.45, 2.75) is 145 Å². The largest absolute Gasteiger partial charge is 0.508 e. The summed E-state index contributed by atoms with van der Waals surface area (Å²) in [5.41, 5.74) is 3.22. The number of aromatic hydroxyl groups is 1. The Balaban J connectivity index is 1.63. The van der Waals surface area contributed by atoms with Crippen molar-refractivity contribution < 1.29 is 14.6 Å². The molecule has 1 N–H and O–H groups in total. The quantitative estimate of drug-likeness (QED) is 0.222. The van der Waals surface area contributed by atoms with E-state index in [2.05, 4.69) is 98.7 Å². The normalized spacial score (nSPS) is 18.2. The number of phenols is 1. The van der Waals surface area contributed by atoms with E-state index in [9.17, 15) is 5.11 Å². The minimum Gasteiger partial charge on any atom is -0.508 e. The molecule has 2 aromatic carbocycles. The third-order valence-electron chi connectivity index (χ3n) is 9.80. The van der Waals surface area contributed by atoms with Crippen molar-refractivity contribution in [1.82, 2.24) is 0 Å². The highest BCUT2D eigenvalue weighted by molar-refractivity contribution is 5.31. The molecule has 3 heteroatoms. The van der Waals surface area contributed by atoms with Gasteiger partial charge in [0.1, 0.15) is 11.5 Å². The lowest BCUT2D eigenvalue weighted by Crippen LogP contribution is -2.29. The van der Waals surface area contributed by atoms with Crippen molar-refractivity contribution in [3.63, 3.8) is 0 Å². The lowest BCUT2D eigenvalue weighted by Gasteiger charge is -2.42. The van der Waals surface area contributed by atoms with Crippen molar-refractivity contribution in [1.29, 1.82) is 0 Å². The van der Waals surface area contributed by atoms with Crippen LogP contribution in [-0.4, -0.2) is 18.0 Å². The summed E-state index contributed by atoms with van der Waals surface area (Å²) in [7, 11) is 0. The molecule has 0 saturated heterocycles. The lowest BCUT2D eigenvalue weighted by molar-refractivity contribution is -0.0711. The van der Waals surface area contributed by atoms with Gasteiger partial charge in [0.2, 0.25) is 0 Å². The van der Waals surface area contributed by atoms with Crippen LogP contribution in [0.3, 0.4) is 0 Å². The van der Waals surface area contributed by atoms with Gasteiger partial charge in [-0.25, -0.2) is 0 Å². The van der Waals surface area contributed by atoms with Crippen LogP contribution < -0.4 is 4.74 Å². The number of benzene rings is 2. The van der Waals surface area contributed by atoms with E-state index >= 15 is 0 Å². The van der Waals surface area contributed by atoms with E-state index in [1.807, 2.05) is 19.1 Å². The zero-order valence-electron chi connectivity index (χ0n) is 29.3. The Bertz CT molecular complexity index is 1060. The summed E-state index contributed by atoms with van der Waals surface area (Å²) in [6.07, 6.45) is 11.2. The smallest absolute Gasteiger partial charge is 0.196 e. The molecule has 0 bridgehead atoms. The number of phenolic OH excluding ortho intramolecular Hbond substituents is 1. The van der Waals surface area contributed by atoms with Crippen LogP contribution in [-0.2, 0) is 4.74 Å². The van der Waals surface area contributed by atoms with E-state index < -0.39 is 0 Å². The number of hydrogen-bond acceptors (Lipinski definition) is 3. The van der Waals surface area contributed by atoms with Gasteiger partial charge in [-0.1, -0.05) is 119 Å². The molecule has 4 atom stereocenters. The van der Waals surface area contributed by atoms with Crippen LogP contribution in [0, 0.1) is 28.1 Å². The van der Waals surface area contributed by atoms with Gasteiger partial charge >= 0.3 is 0 Å². The van der Waals surface area contributed by atoms with E-state index in [0.29, 0.717) is 23.5 Å². The van der Waals surface area contributed by atoms with Crippen LogP contribution in [0.4, 0.5) is 0 Å². The van der Waals surface area contributed by atoms with Crippen LogP contribution in [0.25, 0.3) is 0 Å². The maximum Gasteiger partial charge on any atom is 0.196 e. The predicted octanol–water partition coefficient (Wildman–Crippen LogP) is 11.9. The molecule has 0 aliphatic heterocycles. The van der Waals surface area contributed by atoms with Gasteiger partial charge in [-0.05, 0) is 108 Å². The second kappa shape index (κ2) is 15.3. The van der Waals surface area contributed by atoms with Crippen LogP contribution in [0.2, 0.25) is 0 Å². The van der Waals surface area contributed by atoms with Crippen molar-refractivity contribution in [2.24, 2.45) is 28.1 Å². The summed E-state index contributed by atoms with van der Waals surface area (Å²) in [6.45, 7) is 24.3. The topological polar surface area (TPSA) is 38.7 Å². The molecule has 0 amide bonds. The third-order valence-corrected chi connectivity index (χ3v) is 9.80. The number of hydrogen-bond donors (Lipinski definition) is 1. The fourth-order valence-electron chi connectivity index (χ4n) is 7.56. The Morgan fingerprint density at radius 2 is 1.30 bits per heavy atom. The van der Waals surface area contributed by atoms with Crippen molar-refractivity contribution in [3.05, 3.63) is 59.7 Å². The molecule has 242 valence electrons. The van der Waals surface area contributed by atoms with Gasteiger partial charge in [-0.15, -0.1) is 0 Å². The van der Waals surface area contributed by atoms with Gasteiger partial charge in [0.25, 0.3) is 0 Å². The summed E-state index contributed by atoms with van der Waals surface area (Å²) >= 11 is 0. The Kier molecular flexibility index (Phi) is 12.6. The van der Waals surface area contributed by atoms with E-state index in [-0.39, 0.29) is 22.5 Å². The second-order valence-corrected chi connectivity index (χ2v) is 16.8. The summed E-state index contributed by atoms with van der Waals surface area (Å²) in [6, 6.07) is 16.8. The van der Waals surface area contributed by atoms with Crippen LogP contribution >= 0.6 is 0 Å². The predicted molar refractivity (Wildman–Crippen MR) is 183 cm³/mol. The molecule has 4 unspecified atom stereocenters. The standard InChI is InChI=1S/C40H64O3/c1-29(27-40(9,10)37(28-38(3,4)5)33-16-20-34(41)21-17-33)26-36(39(6,7)8)32-18-22-35(23-19-32)43-30(2)42-25-24-31-14-12-11-13-15-31/h16-23,29-31,36-37,41H,11-15,24-28H2,1-10H3. The van der Waals surface area contributed by atoms with Gasteiger partial charge in [0, 0.05) is 0 Å². The van der Waals surface area contributed by atoms with Gasteiger partial charge in [0.15, 0.2) is 6.29 Å². The summed E-state index contributed by atoms with van der Waals surface area (Å²) in [4.78, 5) is 0. The van der Waals surface area contributed by atoms with E-state index in [0.717, 1.165) is 44.0 Å². The molecular weight excluding hydrogens is 528 g/mol. The molecule has 2 aromatic rings. The average molecular weight is 593 g/mol. The Morgan fingerprint density at radius 1 is 0.744 bits per heavy atom. The minimum atomic E-state index is -0.232. The molecule has 3 nitrogen and oxygen atoms in total. The second-order valence-electron chi connectivity index (χ2n) is 16.8. The molecule has 3 rings (SSSR count). The third kappa shape index (κ3) is 11.8. The fourth-order valence-corrected chi connectivity index (χ4v) is 7.56. The van der Waals surface area contributed by atoms with Gasteiger partial charge in [-0.3, -0.25) is 0 Å². The molecule has 1 aliphatic rings. The van der Waals surface area contributed by atoms with Gasteiger partial charge in [-0.2, -0.15) is 0 Å². The maximum atomic E-state index is 9.93. The maximum absolute atomic E-state index is 9.93. The molecule has 1 aliphatic carbocycles. The molecule has 1 saturated carbocycles. The first-order valence-electron chi connectivity index (χ1n) is 17.2. The Hall–Kier alpha value is -2.00. The van der Waals surface area contributed by atoms with Crippen LogP contribution in [0.15, 0.2) is 48.5 Å². The highest BCUT2D eigenvalue weighted by Crippen LogP contribution is 2.49. The van der Waals surface area contributed by atoms with E-state index in [1.54, 1.807) is 0 Å². The molecular formula is C40H64O3. The van der Waals surface area contributed by atoms with Crippen molar-refractivity contribution >= 4 is 0 Å². The molecule has 1 fully saturated rings. The monoisotopic (exact) mass is 592 g/mol. The van der Waals surface area contributed by atoms with Crippen molar-refractivity contribution in [2.75, 3.05) is 6.61 Å². The van der Waals surface area contributed by atoms with E-state index in [4.69, 9.17) is 9.47 Å². The Labute approximate surface area is 265 Å².